The van der Waals surface area contributed by atoms with Gasteiger partial charge in [0.1, 0.15) is 0 Å². The Labute approximate surface area is 168 Å². The van der Waals surface area contributed by atoms with Crippen molar-refractivity contribution in [1.82, 2.24) is 9.88 Å². The van der Waals surface area contributed by atoms with Crippen molar-refractivity contribution in [2.45, 2.75) is 31.7 Å². The highest BCUT2D eigenvalue weighted by molar-refractivity contribution is 9.10. The van der Waals surface area contributed by atoms with Crippen LogP contribution in [0.15, 0.2) is 39.4 Å². The van der Waals surface area contributed by atoms with Crippen molar-refractivity contribution in [3.63, 3.8) is 0 Å². The number of halogens is 3. The normalized spacial score (nSPS) is 14.6. The van der Waals surface area contributed by atoms with Crippen LogP contribution in [0.1, 0.15) is 25.2 Å². The van der Waals surface area contributed by atoms with Gasteiger partial charge in [-0.25, -0.2) is 4.98 Å². The maximum Gasteiger partial charge on any atom is 0.223 e. The van der Waals surface area contributed by atoms with E-state index >= 15 is 0 Å². The fourth-order valence-electron chi connectivity index (χ4n) is 2.73. The van der Waals surface area contributed by atoms with E-state index in [1.807, 2.05) is 29.2 Å². The molecule has 0 saturated carbocycles. The molecule has 0 bridgehead atoms. The molecule has 1 fully saturated rings. The number of nitrogens with zero attached hydrogens (tertiary/aromatic N) is 2. The summed E-state index contributed by atoms with van der Waals surface area (Å²) in [5, 5.41) is 0. The standard InChI is InChI=1S/C17H20BrN3O2.2ClH/c18-14-4-2-1-3-13(14)15-11-20-16(23-15)5-6-17(22)21-9-7-12(19)8-10-21;;/h1-4,11-12H,5-10,19H2;2*1H. The molecule has 2 heterocycles. The zero-order chi connectivity index (χ0) is 16.2. The third-order valence-electron chi connectivity index (χ3n) is 4.14. The minimum Gasteiger partial charge on any atom is -0.441 e. The van der Waals surface area contributed by atoms with Gasteiger partial charge in [0, 0.05) is 42.0 Å². The van der Waals surface area contributed by atoms with E-state index in [-0.39, 0.29) is 36.8 Å². The first kappa shape index (κ1) is 22.0. The van der Waals surface area contributed by atoms with E-state index in [1.54, 1.807) is 6.20 Å². The number of aromatic nitrogens is 1. The molecule has 5 nitrogen and oxygen atoms in total. The number of benzene rings is 1. The minimum atomic E-state index is 0. The van der Waals surface area contributed by atoms with E-state index in [2.05, 4.69) is 20.9 Å². The summed E-state index contributed by atoms with van der Waals surface area (Å²) < 4.78 is 6.73. The van der Waals surface area contributed by atoms with Crippen molar-refractivity contribution < 1.29 is 9.21 Å². The van der Waals surface area contributed by atoms with Crippen LogP contribution in [0.3, 0.4) is 0 Å². The molecule has 138 valence electrons. The molecule has 25 heavy (non-hydrogen) atoms. The average molecular weight is 451 g/mol. The number of hydrogen-bond donors (Lipinski definition) is 1. The van der Waals surface area contributed by atoms with E-state index in [0.717, 1.165) is 36.0 Å². The van der Waals surface area contributed by atoms with E-state index in [4.69, 9.17) is 10.2 Å². The molecule has 1 aromatic carbocycles. The van der Waals surface area contributed by atoms with Gasteiger partial charge in [0.05, 0.1) is 6.20 Å². The molecule has 1 saturated heterocycles. The number of nitrogens with two attached hydrogens (primary N) is 1. The second kappa shape index (κ2) is 10.2. The Balaban J connectivity index is 0.00000156. The van der Waals surface area contributed by atoms with Gasteiger partial charge < -0.3 is 15.1 Å². The summed E-state index contributed by atoms with van der Waals surface area (Å²) in [6, 6.07) is 8.07. The number of carbonyl (C=O) groups excluding carboxylic acids is 1. The highest BCUT2D eigenvalue weighted by atomic mass is 79.9. The van der Waals surface area contributed by atoms with Crippen LogP contribution >= 0.6 is 40.7 Å². The van der Waals surface area contributed by atoms with Crippen LogP contribution in [0.25, 0.3) is 11.3 Å². The summed E-state index contributed by atoms with van der Waals surface area (Å²) in [5.41, 5.74) is 6.83. The fourth-order valence-corrected chi connectivity index (χ4v) is 3.21. The Morgan fingerprint density at radius 2 is 1.96 bits per heavy atom. The molecule has 1 amide bonds. The molecular weight excluding hydrogens is 429 g/mol. The van der Waals surface area contributed by atoms with E-state index in [0.29, 0.717) is 24.5 Å². The second-order valence-corrected chi connectivity index (χ2v) is 6.67. The quantitative estimate of drug-likeness (QED) is 0.768. The highest BCUT2D eigenvalue weighted by Crippen LogP contribution is 2.28. The monoisotopic (exact) mass is 449 g/mol. The van der Waals surface area contributed by atoms with Gasteiger partial charge in [-0.3, -0.25) is 4.79 Å². The predicted octanol–water partition coefficient (Wildman–Crippen LogP) is 3.83. The maximum atomic E-state index is 12.2. The number of amides is 1. The average Bonchev–Trinajstić information content (AvgIpc) is 3.02. The van der Waals surface area contributed by atoms with Crippen LogP contribution in [-0.4, -0.2) is 34.9 Å². The molecule has 0 unspecified atom stereocenters. The lowest BCUT2D eigenvalue weighted by molar-refractivity contribution is -0.132. The number of carbonyl (C=O) groups is 1. The number of rotatable bonds is 4. The van der Waals surface area contributed by atoms with Crippen LogP contribution in [0.4, 0.5) is 0 Å². The molecule has 2 aromatic rings. The fraction of sp³-hybridized carbons (Fsp3) is 0.412. The highest BCUT2D eigenvalue weighted by Gasteiger charge is 2.20. The van der Waals surface area contributed by atoms with E-state index < -0.39 is 0 Å². The largest absolute Gasteiger partial charge is 0.441 e. The van der Waals surface area contributed by atoms with Gasteiger partial charge >= 0.3 is 0 Å². The van der Waals surface area contributed by atoms with Gasteiger partial charge in [0.25, 0.3) is 0 Å². The Morgan fingerprint density at radius 1 is 1.28 bits per heavy atom. The Hall–Kier alpha value is -1.08. The van der Waals surface area contributed by atoms with Crippen molar-refractivity contribution in [3.05, 3.63) is 40.8 Å². The molecule has 1 aliphatic rings. The number of hydrogen-bond acceptors (Lipinski definition) is 4. The van der Waals surface area contributed by atoms with Gasteiger partial charge in [-0.15, -0.1) is 24.8 Å². The first-order valence-electron chi connectivity index (χ1n) is 7.86. The maximum absolute atomic E-state index is 12.2. The van der Waals surface area contributed by atoms with Gasteiger partial charge in [-0.2, -0.15) is 0 Å². The molecule has 1 aliphatic heterocycles. The van der Waals surface area contributed by atoms with Crippen LogP contribution in [0.2, 0.25) is 0 Å². The van der Waals surface area contributed by atoms with Gasteiger partial charge in [-0.1, -0.05) is 34.1 Å². The van der Waals surface area contributed by atoms with Crippen molar-refractivity contribution >= 4 is 46.7 Å². The Bertz CT molecular complexity index is 688. The summed E-state index contributed by atoms with van der Waals surface area (Å²) in [6.45, 7) is 1.52. The zero-order valence-corrected chi connectivity index (χ0v) is 16.9. The van der Waals surface area contributed by atoms with Crippen molar-refractivity contribution in [2.75, 3.05) is 13.1 Å². The molecule has 2 N–H and O–H groups in total. The second-order valence-electron chi connectivity index (χ2n) is 5.82. The Kier molecular flexibility index (Phi) is 8.93. The van der Waals surface area contributed by atoms with Gasteiger partial charge in [0.2, 0.25) is 5.91 Å². The predicted molar refractivity (Wildman–Crippen MR) is 106 cm³/mol. The Morgan fingerprint density at radius 3 is 2.64 bits per heavy atom. The lowest BCUT2D eigenvalue weighted by atomic mass is 10.1. The molecule has 0 aliphatic carbocycles. The topological polar surface area (TPSA) is 72.4 Å². The smallest absolute Gasteiger partial charge is 0.223 e. The lowest BCUT2D eigenvalue weighted by Gasteiger charge is -2.30. The summed E-state index contributed by atoms with van der Waals surface area (Å²) >= 11 is 3.50. The minimum absolute atomic E-state index is 0. The summed E-state index contributed by atoms with van der Waals surface area (Å²) in [5.74, 6) is 1.46. The van der Waals surface area contributed by atoms with Crippen molar-refractivity contribution in [1.29, 1.82) is 0 Å². The van der Waals surface area contributed by atoms with Crippen molar-refractivity contribution in [3.8, 4) is 11.3 Å². The number of oxazole rings is 1. The first-order valence-corrected chi connectivity index (χ1v) is 8.66. The van der Waals surface area contributed by atoms with Gasteiger partial charge in [-0.05, 0) is 18.9 Å². The first-order chi connectivity index (χ1) is 11.1. The molecule has 8 heteroatoms. The molecule has 0 spiro atoms. The van der Waals surface area contributed by atoms with Crippen LogP contribution in [0, 0.1) is 0 Å². The van der Waals surface area contributed by atoms with Crippen LogP contribution in [-0.2, 0) is 11.2 Å². The third kappa shape index (κ3) is 5.71. The number of piperidine rings is 1. The number of aryl methyl sites for hydroxylation is 1. The van der Waals surface area contributed by atoms with Crippen LogP contribution < -0.4 is 5.73 Å². The molecule has 3 rings (SSSR count). The van der Waals surface area contributed by atoms with Crippen LogP contribution in [0.5, 0.6) is 0 Å². The summed E-state index contributed by atoms with van der Waals surface area (Å²) in [4.78, 5) is 18.4. The van der Waals surface area contributed by atoms with Crippen molar-refractivity contribution in [2.24, 2.45) is 5.73 Å². The SMILES string of the molecule is Cl.Cl.NC1CCN(C(=O)CCc2ncc(-c3ccccc3Br)o2)CC1. The molecule has 0 atom stereocenters. The third-order valence-corrected chi connectivity index (χ3v) is 4.83. The lowest BCUT2D eigenvalue weighted by Crippen LogP contribution is -2.42. The van der Waals surface area contributed by atoms with E-state index in [9.17, 15) is 4.79 Å². The van der Waals surface area contributed by atoms with E-state index in [1.165, 1.54) is 0 Å². The molecule has 0 radical (unpaired) electrons. The number of likely N-dealkylation sites (tertiary alicyclic amines) is 1. The zero-order valence-electron chi connectivity index (χ0n) is 13.7. The molecular formula is C17H22BrCl2N3O2. The van der Waals surface area contributed by atoms with Gasteiger partial charge in [0.15, 0.2) is 11.7 Å². The molecule has 1 aromatic heterocycles. The summed E-state index contributed by atoms with van der Waals surface area (Å²) in [6.07, 6.45) is 4.42. The summed E-state index contributed by atoms with van der Waals surface area (Å²) in [7, 11) is 0.